The fourth-order valence-corrected chi connectivity index (χ4v) is 3.70. The highest BCUT2D eigenvalue weighted by Crippen LogP contribution is 2.21. The van der Waals surface area contributed by atoms with Crippen LogP contribution in [0.25, 0.3) is 0 Å². The Morgan fingerprint density at radius 1 is 1.10 bits per heavy atom. The number of aliphatic hydroxyl groups excluding tert-OH is 1. The number of hydrogen-bond acceptors (Lipinski definition) is 4. The number of unbranched alkanes of at least 4 members (excludes halogenated alkanes) is 3. The van der Waals surface area contributed by atoms with Gasteiger partial charge in [-0.2, -0.15) is 0 Å². The van der Waals surface area contributed by atoms with Gasteiger partial charge in [-0.1, -0.05) is 37.1 Å². The highest BCUT2D eigenvalue weighted by atomic mass is 16.4. The lowest BCUT2D eigenvalue weighted by Crippen LogP contribution is -2.43. The maximum atomic E-state index is 12.3. The number of benzene rings is 1. The molecule has 1 unspecified atom stereocenters. The number of aromatic carboxylic acids is 1. The van der Waals surface area contributed by atoms with E-state index in [1.165, 1.54) is 12.1 Å². The van der Waals surface area contributed by atoms with Crippen molar-refractivity contribution in [2.24, 2.45) is 0 Å². The average molecular weight is 418 g/mol. The van der Waals surface area contributed by atoms with E-state index in [2.05, 4.69) is 0 Å². The van der Waals surface area contributed by atoms with Crippen LogP contribution < -0.4 is 0 Å². The first-order chi connectivity index (χ1) is 14.4. The van der Waals surface area contributed by atoms with E-state index in [0.29, 0.717) is 25.8 Å². The second kappa shape index (κ2) is 12.1. The fourth-order valence-electron chi connectivity index (χ4n) is 3.70. The second-order valence-corrected chi connectivity index (χ2v) is 7.76. The van der Waals surface area contributed by atoms with E-state index in [1.807, 2.05) is 11.0 Å². The molecular formula is C23H31NO6. The summed E-state index contributed by atoms with van der Waals surface area (Å²) >= 11 is 0. The molecule has 30 heavy (non-hydrogen) atoms. The molecule has 0 spiro atoms. The number of carbonyl (C=O) groups is 3. The highest BCUT2D eigenvalue weighted by molar-refractivity contribution is 5.87. The Kier molecular flexibility index (Phi) is 9.54. The van der Waals surface area contributed by atoms with Crippen molar-refractivity contribution in [1.82, 2.24) is 4.90 Å². The number of carboxylic acid groups (broad SMARTS) is 2. The van der Waals surface area contributed by atoms with Crippen molar-refractivity contribution in [2.75, 3.05) is 6.54 Å². The van der Waals surface area contributed by atoms with Gasteiger partial charge in [0.1, 0.15) is 0 Å². The van der Waals surface area contributed by atoms with Crippen LogP contribution in [-0.2, 0) is 16.0 Å². The fraction of sp³-hybridized carbons (Fsp3) is 0.522. The molecule has 1 amide bonds. The third-order valence-electron chi connectivity index (χ3n) is 5.35. The van der Waals surface area contributed by atoms with Crippen LogP contribution in [0.1, 0.15) is 67.3 Å². The third kappa shape index (κ3) is 7.99. The Labute approximate surface area is 177 Å². The molecule has 1 aliphatic heterocycles. The molecule has 2 atom stereocenters. The molecule has 0 aromatic heterocycles. The number of carbonyl (C=O) groups excluding carboxylic acids is 1. The molecule has 0 radical (unpaired) electrons. The Bertz CT molecular complexity index is 743. The number of hydrogen-bond donors (Lipinski definition) is 3. The Hall–Kier alpha value is -2.67. The summed E-state index contributed by atoms with van der Waals surface area (Å²) in [7, 11) is 0. The minimum absolute atomic E-state index is 0.0331. The maximum Gasteiger partial charge on any atom is 0.335 e. The topological polar surface area (TPSA) is 115 Å². The van der Waals surface area contributed by atoms with Gasteiger partial charge in [0.05, 0.1) is 17.7 Å². The third-order valence-corrected chi connectivity index (χ3v) is 5.35. The summed E-state index contributed by atoms with van der Waals surface area (Å²) in [6.45, 7) is 0.646. The first-order valence-corrected chi connectivity index (χ1v) is 10.6. The van der Waals surface area contributed by atoms with Crippen molar-refractivity contribution in [3.63, 3.8) is 0 Å². The van der Waals surface area contributed by atoms with Crippen LogP contribution in [0.15, 0.2) is 36.4 Å². The molecule has 0 bridgehead atoms. The van der Waals surface area contributed by atoms with Crippen LogP contribution in [0.2, 0.25) is 0 Å². The van der Waals surface area contributed by atoms with E-state index >= 15 is 0 Å². The molecule has 3 N–H and O–H groups in total. The number of aliphatic hydroxyl groups is 1. The van der Waals surface area contributed by atoms with Gasteiger partial charge < -0.3 is 20.2 Å². The highest BCUT2D eigenvalue weighted by Gasteiger charge is 2.25. The number of carboxylic acids is 2. The van der Waals surface area contributed by atoms with Crippen molar-refractivity contribution in [3.05, 3.63) is 47.5 Å². The second-order valence-electron chi connectivity index (χ2n) is 7.76. The summed E-state index contributed by atoms with van der Waals surface area (Å²) in [5.74, 6) is -1.63. The van der Waals surface area contributed by atoms with Gasteiger partial charge in [-0.05, 0) is 43.4 Å². The van der Waals surface area contributed by atoms with Gasteiger partial charge in [-0.15, -0.1) is 0 Å². The Morgan fingerprint density at radius 3 is 2.47 bits per heavy atom. The molecule has 2 rings (SSSR count). The van der Waals surface area contributed by atoms with E-state index in [1.54, 1.807) is 18.2 Å². The summed E-state index contributed by atoms with van der Waals surface area (Å²) < 4.78 is 0. The predicted octanol–water partition coefficient (Wildman–Crippen LogP) is 3.26. The van der Waals surface area contributed by atoms with E-state index in [4.69, 9.17) is 10.2 Å². The van der Waals surface area contributed by atoms with Crippen LogP contribution in [0.5, 0.6) is 0 Å². The summed E-state index contributed by atoms with van der Waals surface area (Å²) in [5.41, 5.74) is 1.05. The first kappa shape index (κ1) is 23.6. The molecule has 7 nitrogen and oxygen atoms in total. The lowest BCUT2D eigenvalue weighted by atomic mass is 9.98. The molecule has 1 aromatic carbocycles. The number of rotatable bonds is 12. The van der Waals surface area contributed by atoms with Gasteiger partial charge in [-0.25, -0.2) is 4.79 Å². The van der Waals surface area contributed by atoms with Gasteiger partial charge >= 0.3 is 11.9 Å². The van der Waals surface area contributed by atoms with Crippen molar-refractivity contribution in [1.29, 1.82) is 0 Å². The SMILES string of the molecule is O=C(O)CCCCCCN1C(=O)CCC[C@@H]1/C=C/C(O)Cc1ccc(C(=O)O)cc1. The molecule has 0 aliphatic carbocycles. The van der Waals surface area contributed by atoms with Crippen LogP contribution >= 0.6 is 0 Å². The maximum absolute atomic E-state index is 12.3. The molecule has 1 heterocycles. The van der Waals surface area contributed by atoms with Crippen LogP contribution in [0, 0.1) is 0 Å². The number of amides is 1. The van der Waals surface area contributed by atoms with Gasteiger partial charge in [-0.3, -0.25) is 9.59 Å². The summed E-state index contributed by atoms with van der Waals surface area (Å²) in [5, 5.41) is 27.9. The zero-order chi connectivity index (χ0) is 21.9. The summed E-state index contributed by atoms with van der Waals surface area (Å²) in [6, 6.07) is 6.40. The summed E-state index contributed by atoms with van der Waals surface area (Å²) in [4.78, 5) is 35.7. The zero-order valence-corrected chi connectivity index (χ0v) is 17.2. The van der Waals surface area contributed by atoms with E-state index in [-0.39, 0.29) is 23.9 Å². The zero-order valence-electron chi connectivity index (χ0n) is 17.2. The van der Waals surface area contributed by atoms with E-state index < -0.39 is 18.0 Å². The minimum atomic E-state index is -0.981. The molecular weight excluding hydrogens is 386 g/mol. The quantitative estimate of drug-likeness (QED) is 0.355. The van der Waals surface area contributed by atoms with Crippen molar-refractivity contribution in [3.8, 4) is 0 Å². The molecule has 0 saturated carbocycles. The monoisotopic (exact) mass is 417 g/mol. The van der Waals surface area contributed by atoms with Crippen molar-refractivity contribution in [2.45, 2.75) is 69.9 Å². The normalized spacial score (nSPS) is 18.0. The van der Waals surface area contributed by atoms with Gasteiger partial charge in [0.2, 0.25) is 5.91 Å². The average Bonchev–Trinajstić information content (AvgIpc) is 2.70. The Balaban J connectivity index is 1.83. The van der Waals surface area contributed by atoms with Crippen LogP contribution in [0.4, 0.5) is 0 Å². The number of nitrogens with zero attached hydrogens (tertiary/aromatic N) is 1. The first-order valence-electron chi connectivity index (χ1n) is 10.6. The molecule has 1 fully saturated rings. The molecule has 1 saturated heterocycles. The molecule has 1 aromatic rings. The number of aliphatic carboxylic acids is 1. The molecule has 7 heteroatoms. The van der Waals surface area contributed by atoms with Crippen LogP contribution in [0.3, 0.4) is 0 Å². The van der Waals surface area contributed by atoms with Crippen LogP contribution in [-0.4, -0.2) is 56.8 Å². The van der Waals surface area contributed by atoms with E-state index in [0.717, 1.165) is 37.7 Å². The number of piperidine rings is 1. The van der Waals surface area contributed by atoms with Crippen molar-refractivity contribution < 1.29 is 29.7 Å². The number of likely N-dealkylation sites (tertiary alicyclic amines) is 1. The largest absolute Gasteiger partial charge is 0.481 e. The van der Waals surface area contributed by atoms with Gasteiger partial charge in [0, 0.05) is 25.8 Å². The van der Waals surface area contributed by atoms with Gasteiger partial charge in [0.25, 0.3) is 0 Å². The standard InChI is InChI=1S/C23H31NO6/c25-20(16-17-9-11-18(12-10-17)23(29)30)14-13-19-6-5-7-21(26)24(19)15-4-2-1-3-8-22(27)28/h9-14,19-20,25H,1-8,15-16H2,(H,27,28)(H,29,30)/b14-13+/t19-,20?/m1/s1. The molecule has 164 valence electrons. The predicted molar refractivity (Wildman–Crippen MR) is 112 cm³/mol. The molecule has 1 aliphatic rings. The smallest absolute Gasteiger partial charge is 0.335 e. The van der Waals surface area contributed by atoms with Gasteiger partial charge in [0.15, 0.2) is 0 Å². The minimum Gasteiger partial charge on any atom is -0.481 e. The lowest BCUT2D eigenvalue weighted by Gasteiger charge is -2.34. The Morgan fingerprint density at radius 2 is 1.80 bits per heavy atom. The van der Waals surface area contributed by atoms with E-state index in [9.17, 15) is 19.5 Å². The lowest BCUT2D eigenvalue weighted by molar-refractivity contribution is -0.137. The summed E-state index contributed by atoms with van der Waals surface area (Å²) in [6.07, 6.45) is 8.93. The van der Waals surface area contributed by atoms with Crippen molar-refractivity contribution >= 4 is 17.8 Å².